The van der Waals surface area contributed by atoms with Crippen LogP contribution in [-0.4, -0.2) is 71.0 Å². The van der Waals surface area contributed by atoms with Gasteiger partial charge in [0, 0.05) is 16.9 Å². The molecule has 2 aromatic heterocycles. The standard InChI is InChI=1S/C16H16N6O5S4/c1-5-20-21-16(31-5)30-3-6-2-28-13-8(12(25)22(13)9(6)14(26)27)19-11(24)10(23)7-4-29-15(17)18-7/h4,8,10,13,23H,2-3H2,1H3,(H2,17,18)(H,19,24)(H,26,27)/t8?,10?,13-/m1/s1. The first-order chi connectivity index (χ1) is 14.8. The van der Waals surface area contributed by atoms with E-state index in [1.807, 2.05) is 6.92 Å². The molecule has 4 rings (SSSR count). The maximum Gasteiger partial charge on any atom is 0.352 e. The average molecular weight is 501 g/mol. The van der Waals surface area contributed by atoms with E-state index in [1.165, 1.54) is 45.1 Å². The van der Waals surface area contributed by atoms with Crippen molar-refractivity contribution < 1.29 is 24.6 Å². The van der Waals surface area contributed by atoms with Gasteiger partial charge in [-0.25, -0.2) is 4.79 Å². The zero-order chi connectivity index (χ0) is 22.3. The maximum atomic E-state index is 12.7. The van der Waals surface area contributed by atoms with Gasteiger partial charge in [-0.1, -0.05) is 23.1 Å². The summed E-state index contributed by atoms with van der Waals surface area (Å²) in [6, 6.07) is -0.935. The third-order valence-electron chi connectivity index (χ3n) is 4.53. The van der Waals surface area contributed by atoms with Crippen LogP contribution in [0.2, 0.25) is 0 Å². The van der Waals surface area contributed by atoms with E-state index < -0.39 is 35.3 Å². The topological polar surface area (TPSA) is 172 Å². The number of β-lactam (4-membered cyclic amide) rings is 1. The number of aryl methyl sites for hydroxylation is 1. The molecule has 2 aliphatic rings. The second-order valence-electron chi connectivity index (χ2n) is 6.58. The maximum absolute atomic E-state index is 12.7. The summed E-state index contributed by atoms with van der Waals surface area (Å²) in [5.41, 5.74) is 0.684. The summed E-state index contributed by atoms with van der Waals surface area (Å²) in [4.78, 5) is 40.8. The van der Waals surface area contributed by atoms with Crippen LogP contribution in [0, 0.1) is 12.3 Å². The summed E-state index contributed by atoms with van der Waals surface area (Å²) in [7, 11) is 0. The molecule has 164 valence electrons. The Hall–Kier alpha value is -2.20. The summed E-state index contributed by atoms with van der Waals surface area (Å²) < 4.78 is 0.719. The molecule has 3 atom stereocenters. The summed E-state index contributed by atoms with van der Waals surface area (Å²) in [5.74, 6) is -1.79. The molecule has 11 nitrogen and oxygen atoms in total. The van der Waals surface area contributed by atoms with Gasteiger partial charge in [0.05, 0.1) is 5.69 Å². The van der Waals surface area contributed by atoms with E-state index in [-0.39, 0.29) is 16.2 Å². The smallest absolute Gasteiger partial charge is 0.352 e. The lowest BCUT2D eigenvalue weighted by Crippen LogP contribution is -2.70. The molecule has 2 amide bonds. The number of hydrogen-bond donors (Lipinski definition) is 5. The molecule has 2 aromatic rings. The average Bonchev–Trinajstić information content (AvgIpc) is 3.36. The molecular formula is C16H16N6O5S4. The number of amides is 2. The number of fused-ring (bicyclic) bond motifs is 1. The van der Waals surface area contributed by atoms with Crippen LogP contribution in [-0.2, 0) is 14.4 Å². The highest BCUT2D eigenvalue weighted by Gasteiger charge is 2.54. The Bertz CT molecular complexity index is 1140. The first kappa shape index (κ1) is 22.0. The fourth-order valence-electron chi connectivity index (χ4n) is 3.10. The van der Waals surface area contributed by atoms with E-state index in [2.05, 4.69) is 20.5 Å². The Labute approximate surface area is 191 Å². The third-order valence-corrected chi connectivity index (χ3v) is 8.64. The molecule has 4 heterocycles. The third kappa shape index (κ3) is 4.27. The zero-order valence-electron chi connectivity index (χ0n) is 15.8. The number of nitrogens with one attached hydrogen (secondary N) is 3. The first-order valence-electron chi connectivity index (χ1n) is 8.80. The molecule has 31 heavy (non-hydrogen) atoms. The van der Waals surface area contributed by atoms with Crippen LogP contribution < -0.4 is 10.1 Å². The van der Waals surface area contributed by atoms with Gasteiger partial charge >= 0.3 is 5.97 Å². The minimum Gasteiger partial charge on any atom is -0.477 e. The molecule has 0 saturated carbocycles. The fraction of sp³-hybridized carbons (Fsp3) is 0.375. The summed E-state index contributed by atoms with van der Waals surface area (Å²) in [6.07, 6.45) is -1.55. The molecule has 2 unspecified atom stereocenters. The second kappa shape index (κ2) is 8.74. The molecule has 0 aliphatic carbocycles. The largest absolute Gasteiger partial charge is 0.477 e. The Morgan fingerprint density at radius 1 is 1.48 bits per heavy atom. The predicted octanol–water partition coefficient (Wildman–Crippen LogP) is 0.280. The molecule has 15 heteroatoms. The molecule has 1 fully saturated rings. The molecule has 0 bridgehead atoms. The molecule has 0 radical (unpaired) electrons. The van der Waals surface area contributed by atoms with Gasteiger partial charge in [0.2, 0.25) is 0 Å². The zero-order valence-corrected chi connectivity index (χ0v) is 19.1. The quantitative estimate of drug-likeness (QED) is 0.264. The Morgan fingerprint density at radius 2 is 2.26 bits per heavy atom. The van der Waals surface area contributed by atoms with E-state index in [1.54, 1.807) is 0 Å². The van der Waals surface area contributed by atoms with Crippen molar-refractivity contribution in [3.05, 3.63) is 32.2 Å². The number of thioether (sulfide) groups is 2. The van der Waals surface area contributed by atoms with Crippen molar-refractivity contribution in [3.8, 4) is 0 Å². The van der Waals surface area contributed by atoms with Crippen molar-refractivity contribution in [1.29, 1.82) is 5.41 Å². The number of aliphatic hydroxyl groups is 1. The van der Waals surface area contributed by atoms with Crippen molar-refractivity contribution in [2.24, 2.45) is 0 Å². The molecule has 2 aliphatic heterocycles. The highest BCUT2D eigenvalue weighted by molar-refractivity contribution is 8.01. The molecule has 0 aromatic carbocycles. The number of hydrogen-bond acceptors (Lipinski definition) is 11. The molecule has 1 saturated heterocycles. The number of aromatic nitrogens is 3. The number of carbonyl (C=O) groups excluding carboxylic acids is 2. The van der Waals surface area contributed by atoms with Crippen LogP contribution in [0.15, 0.2) is 21.0 Å². The van der Waals surface area contributed by atoms with E-state index in [9.17, 15) is 24.6 Å². The lowest BCUT2D eigenvalue weighted by atomic mass is 10.0. The SMILES string of the molecule is Cc1nnc(SCC2=C(C(=O)O)N3C(=O)C(NC(=O)C(O)c4csc(=N)[nH]4)[C@H]3SC2)s1. The van der Waals surface area contributed by atoms with Crippen molar-refractivity contribution in [3.63, 3.8) is 0 Å². The monoisotopic (exact) mass is 500 g/mol. The summed E-state index contributed by atoms with van der Waals surface area (Å²) in [6.45, 7) is 1.83. The van der Waals surface area contributed by atoms with E-state index in [0.29, 0.717) is 17.1 Å². The van der Waals surface area contributed by atoms with Crippen LogP contribution >= 0.6 is 46.2 Å². The number of nitrogens with zero attached hydrogens (tertiary/aromatic N) is 3. The van der Waals surface area contributed by atoms with Crippen molar-refractivity contribution in [2.75, 3.05) is 11.5 Å². The van der Waals surface area contributed by atoms with Crippen LogP contribution in [0.1, 0.15) is 16.8 Å². The molecule has 5 N–H and O–H groups in total. The first-order valence-corrected chi connectivity index (χ1v) is 12.5. The van der Waals surface area contributed by atoms with Gasteiger partial charge in [-0.05, 0) is 12.5 Å². The molecule has 0 spiro atoms. The Kier molecular flexibility index (Phi) is 6.20. The van der Waals surface area contributed by atoms with Gasteiger partial charge in [-0.2, -0.15) is 0 Å². The number of aliphatic hydroxyl groups excluding tert-OH is 1. The minimum atomic E-state index is -1.55. The van der Waals surface area contributed by atoms with E-state index >= 15 is 0 Å². The normalized spacial score (nSPS) is 21.5. The fourth-order valence-corrected chi connectivity index (χ4v) is 7.01. The number of H-pyrrole nitrogens is 1. The number of aromatic amines is 1. The minimum absolute atomic E-state index is 0.0708. The number of rotatable bonds is 7. The Morgan fingerprint density at radius 3 is 2.87 bits per heavy atom. The molecular weight excluding hydrogens is 484 g/mol. The summed E-state index contributed by atoms with van der Waals surface area (Å²) >= 11 is 5.15. The predicted molar refractivity (Wildman–Crippen MR) is 115 cm³/mol. The number of thiazole rings is 1. The van der Waals surface area contributed by atoms with Gasteiger partial charge in [0.1, 0.15) is 22.1 Å². The van der Waals surface area contributed by atoms with Crippen molar-refractivity contribution >= 4 is 64.0 Å². The lowest BCUT2D eigenvalue weighted by Gasteiger charge is -2.49. The van der Waals surface area contributed by atoms with Gasteiger partial charge in [-0.3, -0.25) is 19.9 Å². The number of carbonyl (C=O) groups is 3. The van der Waals surface area contributed by atoms with Gasteiger partial charge in [-0.15, -0.1) is 33.3 Å². The lowest BCUT2D eigenvalue weighted by molar-refractivity contribution is -0.151. The van der Waals surface area contributed by atoms with Crippen LogP contribution in [0.5, 0.6) is 0 Å². The Balaban J connectivity index is 1.46. The van der Waals surface area contributed by atoms with Gasteiger partial charge in [0.25, 0.3) is 11.8 Å². The summed E-state index contributed by atoms with van der Waals surface area (Å²) in [5, 5.41) is 39.4. The van der Waals surface area contributed by atoms with E-state index in [0.717, 1.165) is 20.7 Å². The van der Waals surface area contributed by atoms with Crippen LogP contribution in [0.4, 0.5) is 0 Å². The van der Waals surface area contributed by atoms with Gasteiger partial charge in [0.15, 0.2) is 15.2 Å². The van der Waals surface area contributed by atoms with Crippen molar-refractivity contribution in [1.82, 2.24) is 25.4 Å². The van der Waals surface area contributed by atoms with Crippen LogP contribution in [0.25, 0.3) is 0 Å². The second-order valence-corrected chi connectivity index (χ2v) is 11.0. The number of aliphatic carboxylic acids is 1. The van der Waals surface area contributed by atoms with Gasteiger partial charge < -0.3 is 20.5 Å². The van der Waals surface area contributed by atoms with Crippen molar-refractivity contribution in [2.45, 2.75) is 28.8 Å². The highest BCUT2D eigenvalue weighted by Crippen LogP contribution is 2.41. The number of carboxylic acids is 1. The number of carboxylic acid groups (broad SMARTS) is 1. The van der Waals surface area contributed by atoms with Crippen LogP contribution in [0.3, 0.4) is 0 Å². The van der Waals surface area contributed by atoms with E-state index in [4.69, 9.17) is 5.41 Å². The highest BCUT2D eigenvalue weighted by atomic mass is 32.2.